The van der Waals surface area contributed by atoms with E-state index >= 15 is 0 Å². The summed E-state index contributed by atoms with van der Waals surface area (Å²) in [4.78, 5) is 43.7. The highest BCUT2D eigenvalue weighted by Gasteiger charge is 2.23. The predicted molar refractivity (Wildman–Crippen MR) is 147 cm³/mol. The average molecular weight is 526 g/mol. The van der Waals surface area contributed by atoms with Crippen molar-refractivity contribution in [3.63, 3.8) is 0 Å². The van der Waals surface area contributed by atoms with E-state index in [1.54, 1.807) is 48.4 Å². The number of methoxy groups -OCH3 is 1. The van der Waals surface area contributed by atoms with Crippen molar-refractivity contribution in [1.29, 1.82) is 0 Å². The van der Waals surface area contributed by atoms with Gasteiger partial charge in [-0.05, 0) is 61.4 Å². The number of aliphatic imine (C=N–C) groups is 1. The first-order chi connectivity index (χ1) is 18.0. The van der Waals surface area contributed by atoms with Crippen molar-refractivity contribution in [2.75, 3.05) is 33.3 Å². The summed E-state index contributed by atoms with van der Waals surface area (Å²) >= 11 is 1.35. The number of terminal acetylenes is 1. The minimum atomic E-state index is -0.259. The smallest absolute Gasteiger partial charge is 0.268 e. The van der Waals surface area contributed by atoms with Gasteiger partial charge in [-0.3, -0.25) is 19.7 Å². The Bertz CT molecular complexity index is 1040. The van der Waals surface area contributed by atoms with Crippen LogP contribution in [0.15, 0.2) is 46.8 Å². The van der Waals surface area contributed by atoms with Crippen molar-refractivity contribution in [2.24, 2.45) is 10.7 Å². The number of benzene rings is 1. The number of hydrogen-bond acceptors (Lipinski definition) is 6. The van der Waals surface area contributed by atoms with Gasteiger partial charge in [-0.1, -0.05) is 12.5 Å². The largest absolute Gasteiger partial charge is 0.497 e. The Kier molecular flexibility index (Phi) is 12.7. The van der Waals surface area contributed by atoms with Crippen LogP contribution in [0.4, 0.5) is 5.69 Å². The van der Waals surface area contributed by atoms with Gasteiger partial charge in [0.05, 0.1) is 24.2 Å². The van der Waals surface area contributed by atoms with Crippen LogP contribution in [0.5, 0.6) is 5.75 Å². The lowest BCUT2D eigenvalue weighted by Crippen LogP contribution is -2.41. The standard InChI is InChI=1S/C13H13N3O2S.C12H20N2O2.C2H2/c1-18-10-6-4-9(5-7-10)15-13(14)16-12(17)11-3-2-8-19-11;15-11-6-2-1-3-9-14(11)10-12(16)13-7-4-5-8-13;1-2/h2-8H,1H3,(H3,14,15,16,17);1-10H2;1-2H. The molecule has 2 aromatic rings. The molecule has 3 N–H and O–H groups in total. The molecule has 4 rings (SSSR count). The fourth-order valence-electron chi connectivity index (χ4n) is 3.84. The summed E-state index contributed by atoms with van der Waals surface area (Å²) < 4.78 is 5.04. The number of likely N-dealkylation sites (tertiary alicyclic amines) is 2. The van der Waals surface area contributed by atoms with Crippen LogP contribution in [0.3, 0.4) is 0 Å². The molecule has 3 amide bonds. The van der Waals surface area contributed by atoms with Crippen LogP contribution in [-0.2, 0) is 9.59 Å². The first-order valence-electron chi connectivity index (χ1n) is 12.2. The fraction of sp³-hybridized carbons (Fsp3) is 0.407. The number of ether oxygens (including phenoxy) is 1. The van der Waals surface area contributed by atoms with E-state index in [0.717, 1.165) is 57.5 Å². The van der Waals surface area contributed by atoms with Gasteiger partial charge in [-0.25, -0.2) is 4.99 Å². The van der Waals surface area contributed by atoms with E-state index in [9.17, 15) is 14.4 Å². The SMILES string of the molecule is C#C.COc1ccc(N=C(N)NC(=O)c2cccs2)cc1.O=C(CN1CCCCCC1=O)N1CCCC1. The third-order valence-electron chi connectivity index (χ3n) is 5.76. The minimum Gasteiger partial charge on any atom is -0.497 e. The second kappa shape index (κ2) is 16.0. The molecule has 0 spiro atoms. The fourth-order valence-corrected chi connectivity index (χ4v) is 4.46. The molecule has 1 aromatic heterocycles. The molecule has 9 nitrogen and oxygen atoms in total. The Morgan fingerprint density at radius 3 is 2.35 bits per heavy atom. The quantitative estimate of drug-likeness (QED) is 0.353. The number of nitrogens with zero attached hydrogens (tertiary/aromatic N) is 3. The third kappa shape index (κ3) is 9.97. The van der Waals surface area contributed by atoms with Crippen LogP contribution in [0, 0.1) is 12.8 Å². The number of nitrogens with two attached hydrogens (primary N) is 1. The summed E-state index contributed by atoms with van der Waals surface area (Å²) in [6, 6.07) is 10.6. The van der Waals surface area contributed by atoms with E-state index in [2.05, 4.69) is 23.2 Å². The first kappa shape index (κ1) is 29.4. The number of rotatable bonds is 5. The molecule has 0 saturated carbocycles. The molecule has 2 aliphatic rings. The van der Waals surface area contributed by atoms with Gasteiger partial charge in [0.25, 0.3) is 5.91 Å². The molecule has 0 atom stereocenters. The van der Waals surface area contributed by atoms with E-state index in [1.165, 1.54) is 11.3 Å². The molecule has 3 heterocycles. The third-order valence-corrected chi connectivity index (χ3v) is 6.63. The number of thiophene rings is 1. The zero-order valence-electron chi connectivity index (χ0n) is 21.2. The summed E-state index contributed by atoms with van der Waals surface area (Å²) in [7, 11) is 1.59. The van der Waals surface area contributed by atoms with Crippen LogP contribution in [0.25, 0.3) is 0 Å². The predicted octanol–water partition coefficient (Wildman–Crippen LogP) is 3.39. The Labute approximate surface area is 222 Å². The van der Waals surface area contributed by atoms with Crippen LogP contribution in [0.1, 0.15) is 48.2 Å². The summed E-state index contributed by atoms with van der Waals surface area (Å²) in [6.45, 7) is 2.82. The maximum Gasteiger partial charge on any atom is 0.268 e. The van der Waals surface area contributed by atoms with E-state index in [4.69, 9.17) is 10.5 Å². The van der Waals surface area contributed by atoms with Gasteiger partial charge >= 0.3 is 0 Å². The molecule has 198 valence electrons. The lowest BCUT2D eigenvalue weighted by atomic mass is 10.2. The van der Waals surface area contributed by atoms with Gasteiger partial charge in [0.2, 0.25) is 17.8 Å². The molecular weight excluding hydrogens is 490 g/mol. The zero-order valence-corrected chi connectivity index (χ0v) is 22.0. The molecule has 0 radical (unpaired) electrons. The molecule has 10 heteroatoms. The van der Waals surface area contributed by atoms with E-state index in [0.29, 0.717) is 23.5 Å². The van der Waals surface area contributed by atoms with Crippen LogP contribution >= 0.6 is 11.3 Å². The van der Waals surface area contributed by atoms with Crippen molar-refractivity contribution in [3.05, 3.63) is 46.7 Å². The van der Waals surface area contributed by atoms with Crippen molar-refractivity contribution in [1.82, 2.24) is 15.1 Å². The first-order valence-corrected chi connectivity index (χ1v) is 13.1. The van der Waals surface area contributed by atoms with Crippen molar-refractivity contribution in [2.45, 2.75) is 38.5 Å². The van der Waals surface area contributed by atoms with E-state index in [-0.39, 0.29) is 23.7 Å². The van der Waals surface area contributed by atoms with Gasteiger partial charge in [0.1, 0.15) is 5.75 Å². The van der Waals surface area contributed by atoms with Gasteiger partial charge in [0, 0.05) is 26.1 Å². The number of amides is 3. The van der Waals surface area contributed by atoms with Gasteiger partial charge in [-0.15, -0.1) is 24.2 Å². The molecule has 1 aromatic carbocycles. The maximum absolute atomic E-state index is 11.9. The van der Waals surface area contributed by atoms with Crippen LogP contribution in [-0.4, -0.2) is 66.8 Å². The second-order valence-corrected chi connectivity index (χ2v) is 9.29. The highest BCUT2D eigenvalue weighted by atomic mass is 32.1. The summed E-state index contributed by atoms with van der Waals surface area (Å²) in [6.07, 6.45) is 14.0. The highest BCUT2D eigenvalue weighted by Crippen LogP contribution is 2.17. The number of guanidine groups is 1. The maximum atomic E-state index is 11.9. The monoisotopic (exact) mass is 525 g/mol. The number of hydrogen-bond donors (Lipinski definition) is 2. The topological polar surface area (TPSA) is 117 Å². The lowest BCUT2D eigenvalue weighted by Gasteiger charge is -2.23. The highest BCUT2D eigenvalue weighted by molar-refractivity contribution is 7.12. The molecule has 37 heavy (non-hydrogen) atoms. The van der Waals surface area contributed by atoms with Crippen molar-refractivity contribution in [3.8, 4) is 18.6 Å². The Balaban J connectivity index is 0.000000247. The Morgan fingerprint density at radius 2 is 1.73 bits per heavy atom. The molecule has 2 fully saturated rings. The summed E-state index contributed by atoms with van der Waals surface area (Å²) in [5, 5.41) is 4.35. The number of carbonyl (C=O) groups excluding carboxylic acids is 3. The molecule has 0 bridgehead atoms. The molecule has 2 saturated heterocycles. The molecular formula is C27H35N5O4S. The molecule has 2 aliphatic heterocycles. The van der Waals surface area contributed by atoms with Crippen LogP contribution in [0.2, 0.25) is 0 Å². The van der Waals surface area contributed by atoms with Crippen molar-refractivity contribution < 1.29 is 19.1 Å². The molecule has 0 unspecified atom stereocenters. The molecule has 0 aliphatic carbocycles. The van der Waals surface area contributed by atoms with Gasteiger partial charge in [0.15, 0.2) is 0 Å². The average Bonchev–Trinajstić information content (AvgIpc) is 3.62. The van der Waals surface area contributed by atoms with E-state index < -0.39 is 0 Å². The van der Waals surface area contributed by atoms with Crippen LogP contribution < -0.4 is 15.8 Å². The number of nitrogens with one attached hydrogen (secondary N) is 1. The Morgan fingerprint density at radius 1 is 1.05 bits per heavy atom. The normalized spacial score (nSPS) is 15.4. The summed E-state index contributed by atoms with van der Waals surface area (Å²) in [5.41, 5.74) is 6.32. The zero-order chi connectivity index (χ0) is 27.0. The number of carbonyl (C=O) groups is 3. The second-order valence-electron chi connectivity index (χ2n) is 8.34. The van der Waals surface area contributed by atoms with Gasteiger partial charge < -0.3 is 20.3 Å². The Hall–Kier alpha value is -3.84. The van der Waals surface area contributed by atoms with Gasteiger partial charge in [-0.2, -0.15) is 0 Å². The van der Waals surface area contributed by atoms with Crippen molar-refractivity contribution >= 4 is 40.7 Å². The van der Waals surface area contributed by atoms with E-state index in [1.807, 2.05) is 10.3 Å². The lowest BCUT2D eigenvalue weighted by molar-refractivity contribution is -0.139. The minimum absolute atomic E-state index is 0.0589. The summed E-state index contributed by atoms with van der Waals surface area (Å²) in [5.74, 6) is 0.825.